The Morgan fingerprint density at radius 1 is 1.23 bits per heavy atom. The summed E-state index contributed by atoms with van der Waals surface area (Å²) in [6.07, 6.45) is -5.67. The van der Waals surface area contributed by atoms with Crippen LogP contribution in [0.15, 0.2) is 0 Å². The van der Waals surface area contributed by atoms with Crippen molar-refractivity contribution in [2.75, 3.05) is 0 Å². The van der Waals surface area contributed by atoms with Gasteiger partial charge in [-0.15, -0.1) is 0 Å². The summed E-state index contributed by atoms with van der Waals surface area (Å²) < 4.78 is 0. The van der Waals surface area contributed by atoms with Crippen molar-refractivity contribution in [3.05, 3.63) is 0 Å². The highest BCUT2D eigenvalue weighted by molar-refractivity contribution is 5.82. The van der Waals surface area contributed by atoms with Gasteiger partial charge in [0.05, 0.1) is 6.10 Å². The number of hydrogen-bond donors (Lipinski definition) is 6. The molecule has 0 aromatic rings. The van der Waals surface area contributed by atoms with Gasteiger partial charge in [-0.2, -0.15) is 0 Å². The van der Waals surface area contributed by atoms with Gasteiger partial charge in [0.15, 0.2) is 0 Å². The zero-order chi connectivity index (χ0) is 10.6. The van der Waals surface area contributed by atoms with E-state index < -0.39 is 30.3 Å². The van der Waals surface area contributed by atoms with Crippen LogP contribution in [0.4, 0.5) is 0 Å². The Balaban J connectivity index is 4.24. The van der Waals surface area contributed by atoms with Crippen molar-refractivity contribution < 1.29 is 20.4 Å². The van der Waals surface area contributed by atoms with Crippen molar-refractivity contribution in [1.29, 1.82) is 5.41 Å². The maximum absolute atomic E-state index is 9.19. The number of nitrogens with two attached hydrogens (primary N) is 1. The molecule has 0 radical (unpaired) electrons. The van der Waals surface area contributed by atoms with Crippen molar-refractivity contribution in [1.82, 2.24) is 0 Å². The number of nitrogens with one attached hydrogen (secondary N) is 1. The van der Waals surface area contributed by atoms with Crippen LogP contribution in [0.25, 0.3) is 0 Å². The molecule has 13 heavy (non-hydrogen) atoms. The minimum Gasteiger partial charge on any atom is -0.390 e. The van der Waals surface area contributed by atoms with Crippen LogP contribution >= 0.6 is 0 Å². The van der Waals surface area contributed by atoms with Crippen LogP contribution in [0.1, 0.15) is 13.3 Å². The smallest absolute Gasteiger partial charge is 0.139 e. The summed E-state index contributed by atoms with van der Waals surface area (Å²) in [4.78, 5) is 0. The van der Waals surface area contributed by atoms with Gasteiger partial charge in [0.25, 0.3) is 0 Å². The molecule has 6 nitrogen and oxygen atoms in total. The topological polar surface area (TPSA) is 131 Å². The highest BCUT2D eigenvalue weighted by atomic mass is 16.4. The van der Waals surface area contributed by atoms with E-state index in [2.05, 4.69) is 0 Å². The van der Waals surface area contributed by atoms with Crippen LogP contribution in [0.5, 0.6) is 0 Å². The van der Waals surface area contributed by atoms with Crippen molar-refractivity contribution >= 4 is 5.84 Å². The van der Waals surface area contributed by atoms with E-state index in [0.29, 0.717) is 0 Å². The second-order valence-corrected chi connectivity index (χ2v) is 2.86. The summed E-state index contributed by atoms with van der Waals surface area (Å²) in [5.74, 6) is -0.644. The fourth-order valence-electron chi connectivity index (χ4n) is 0.840. The molecule has 0 aliphatic carbocycles. The van der Waals surface area contributed by atoms with Gasteiger partial charge in [-0.1, -0.05) is 6.92 Å². The van der Waals surface area contributed by atoms with Crippen molar-refractivity contribution in [3.8, 4) is 0 Å². The molecule has 4 atom stereocenters. The molecule has 4 unspecified atom stereocenters. The van der Waals surface area contributed by atoms with Gasteiger partial charge in [0.2, 0.25) is 0 Å². The van der Waals surface area contributed by atoms with Crippen molar-refractivity contribution in [3.63, 3.8) is 0 Å². The van der Waals surface area contributed by atoms with Crippen LogP contribution in [0.3, 0.4) is 0 Å². The first kappa shape index (κ1) is 12.3. The molecule has 0 saturated heterocycles. The molecular weight excluding hydrogens is 176 g/mol. The molecule has 0 bridgehead atoms. The van der Waals surface area contributed by atoms with E-state index in [1.165, 1.54) is 0 Å². The fourth-order valence-corrected chi connectivity index (χ4v) is 0.840. The lowest BCUT2D eigenvalue weighted by Gasteiger charge is -2.25. The molecule has 0 aromatic carbocycles. The molecule has 0 fully saturated rings. The second-order valence-electron chi connectivity index (χ2n) is 2.86. The van der Waals surface area contributed by atoms with Gasteiger partial charge >= 0.3 is 0 Å². The molecule has 0 aliphatic heterocycles. The van der Waals surface area contributed by atoms with E-state index in [9.17, 15) is 10.2 Å². The predicted octanol–water partition coefficient (Wildman–Crippen LogP) is -2.22. The second kappa shape index (κ2) is 5.13. The van der Waals surface area contributed by atoms with Gasteiger partial charge in [-0.25, -0.2) is 0 Å². The van der Waals surface area contributed by atoms with E-state index in [4.69, 9.17) is 21.4 Å². The third kappa shape index (κ3) is 3.27. The van der Waals surface area contributed by atoms with Gasteiger partial charge in [-0.05, 0) is 6.42 Å². The molecule has 0 spiro atoms. The Bertz CT molecular complexity index is 176. The van der Waals surface area contributed by atoms with Crippen LogP contribution < -0.4 is 5.73 Å². The number of rotatable bonds is 5. The summed E-state index contributed by atoms with van der Waals surface area (Å²) in [5, 5.41) is 43.3. The van der Waals surface area contributed by atoms with Gasteiger partial charge in [0.1, 0.15) is 24.1 Å². The van der Waals surface area contributed by atoms with Gasteiger partial charge in [-0.3, -0.25) is 5.41 Å². The molecule has 0 aliphatic rings. The van der Waals surface area contributed by atoms with Crippen molar-refractivity contribution in [2.24, 2.45) is 5.73 Å². The minimum atomic E-state index is -1.64. The lowest BCUT2D eigenvalue weighted by Crippen LogP contribution is -2.49. The molecule has 0 heterocycles. The average molecular weight is 192 g/mol. The molecule has 78 valence electrons. The number of amidine groups is 1. The molecule has 0 rings (SSSR count). The quantitative estimate of drug-likeness (QED) is 0.217. The summed E-state index contributed by atoms with van der Waals surface area (Å²) >= 11 is 0. The number of hydrogen-bond acceptors (Lipinski definition) is 5. The third-order valence-electron chi connectivity index (χ3n) is 1.80. The standard InChI is InChI=1S/C7H16N2O4/c1-2-3(10)4(11)5(12)6(13)7(8)9/h3-6,10-13H,2H2,1H3,(H3,8,9). The van der Waals surface area contributed by atoms with Crippen molar-refractivity contribution in [2.45, 2.75) is 37.8 Å². The van der Waals surface area contributed by atoms with E-state index >= 15 is 0 Å². The first-order valence-electron chi connectivity index (χ1n) is 3.98. The maximum atomic E-state index is 9.19. The number of aliphatic hydroxyl groups excluding tert-OH is 4. The third-order valence-corrected chi connectivity index (χ3v) is 1.80. The van der Waals surface area contributed by atoms with Crippen LogP contribution in [-0.4, -0.2) is 50.7 Å². The van der Waals surface area contributed by atoms with E-state index in [1.54, 1.807) is 6.92 Å². The zero-order valence-electron chi connectivity index (χ0n) is 7.38. The summed E-state index contributed by atoms with van der Waals surface area (Å²) in [7, 11) is 0. The molecule has 6 heteroatoms. The first-order valence-corrected chi connectivity index (χ1v) is 3.98. The maximum Gasteiger partial charge on any atom is 0.139 e. The Kier molecular flexibility index (Phi) is 4.86. The SMILES string of the molecule is CCC(O)C(O)C(O)C(O)C(=N)N. The van der Waals surface area contributed by atoms with Crippen LogP contribution in [-0.2, 0) is 0 Å². The highest BCUT2D eigenvalue weighted by Crippen LogP contribution is 2.07. The Labute approximate surface area is 76.1 Å². The van der Waals surface area contributed by atoms with E-state index in [1.807, 2.05) is 0 Å². The number of aliphatic hydroxyl groups is 4. The average Bonchev–Trinajstić information content (AvgIpc) is 2.12. The predicted molar refractivity (Wildman–Crippen MR) is 46.2 cm³/mol. The zero-order valence-corrected chi connectivity index (χ0v) is 7.38. The molecular formula is C7H16N2O4. The lowest BCUT2D eigenvalue weighted by atomic mass is 10.0. The molecule has 0 saturated carbocycles. The first-order chi connectivity index (χ1) is 5.91. The molecule has 0 aromatic heterocycles. The van der Waals surface area contributed by atoms with E-state index in [-0.39, 0.29) is 6.42 Å². The largest absolute Gasteiger partial charge is 0.390 e. The Hall–Kier alpha value is -0.690. The Morgan fingerprint density at radius 3 is 2.00 bits per heavy atom. The van der Waals surface area contributed by atoms with Crippen LogP contribution in [0.2, 0.25) is 0 Å². The van der Waals surface area contributed by atoms with Gasteiger partial charge < -0.3 is 26.2 Å². The monoisotopic (exact) mass is 192 g/mol. The van der Waals surface area contributed by atoms with Gasteiger partial charge in [0, 0.05) is 0 Å². The highest BCUT2D eigenvalue weighted by Gasteiger charge is 2.30. The van der Waals surface area contributed by atoms with Crippen LogP contribution in [0, 0.1) is 5.41 Å². The minimum absolute atomic E-state index is 0.239. The Morgan fingerprint density at radius 2 is 1.69 bits per heavy atom. The summed E-state index contributed by atoms with van der Waals surface area (Å²) in [6, 6.07) is 0. The fraction of sp³-hybridized carbons (Fsp3) is 0.857. The molecule has 7 N–H and O–H groups in total. The normalized spacial score (nSPS) is 20.4. The van der Waals surface area contributed by atoms with E-state index in [0.717, 1.165) is 0 Å². The molecule has 0 amide bonds. The lowest BCUT2D eigenvalue weighted by molar-refractivity contribution is -0.0895. The summed E-state index contributed by atoms with van der Waals surface area (Å²) in [6.45, 7) is 1.61. The summed E-state index contributed by atoms with van der Waals surface area (Å²) in [5.41, 5.74) is 4.90.